The Morgan fingerprint density at radius 1 is 1.09 bits per heavy atom. The summed E-state index contributed by atoms with van der Waals surface area (Å²) in [6, 6.07) is 15.9. The van der Waals surface area contributed by atoms with Crippen LogP contribution in [0.3, 0.4) is 0 Å². The molecule has 2 N–H and O–H groups in total. The van der Waals surface area contributed by atoms with Gasteiger partial charge in [-0.2, -0.15) is 5.10 Å². The summed E-state index contributed by atoms with van der Waals surface area (Å²) in [7, 11) is 1.46. The van der Waals surface area contributed by atoms with Gasteiger partial charge in [0.25, 0.3) is 5.91 Å². The highest BCUT2D eigenvalue weighted by Crippen LogP contribution is 2.33. The standard InChI is InChI=1S/C24H20BrClFN3O4S/c1-33-21-10-15(12-28-30-24(32)14-35-19-8-2-16(26)3-9-19)20(25)11-22(21)34-13-23(31)29-18-6-4-17(27)5-7-18/h2-12H,13-14H2,1H3,(H,29,31)(H,30,32)/b28-12-. The molecule has 182 valence electrons. The van der Waals surface area contributed by atoms with E-state index >= 15 is 0 Å². The molecule has 0 aliphatic carbocycles. The van der Waals surface area contributed by atoms with Crippen LogP contribution in [0.25, 0.3) is 0 Å². The smallest absolute Gasteiger partial charge is 0.262 e. The molecule has 35 heavy (non-hydrogen) atoms. The van der Waals surface area contributed by atoms with E-state index in [1.165, 1.54) is 49.4 Å². The number of halogens is 3. The largest absolute Gasteiger partial charge is 0.493 e. The normalized spacial score (nSPS) is 10.7. The molecule has 0 aromatic heterocycles. The summed E-state index contributed by atoms with van der Waals surface area (Å²) >= 11 is 10.6. The summed E-state index contributed by atoms with van der Waals surface area (Å²) in [5, 5.41) is 7.23. The number of carbonyl (C=O) groups excluding carboxylic acids is 2. The first-order valence-corrected chi connectivity index (χ1v) is 12.3. The quantitative estimate of drug-likeness (QED) is 0.188. The lowest BCUT2D eigenvalue weighted by Crippen LogP contribution is -2.20. The van der Waals surface area contributed by atoms with Gasteiger partial charge in [0, 0.05) is 25.6 Å². The van der Waals surface area contributed by atoms with Crippen molar-refractivity contribution in [2.24, 2.45) is 5.10 Å². The van der Waals surface area contributed by atoms with Gasteiger partial charge in [-0.3, -0.25) is 9.59 Å². The van der Waals surface area contributed by atoms with E-state index in [2.05, 4.69) is 31.8 Å². The number of hydrogen-bond acceptors (Lipinski definition) is 6. The highest BCUT2D eigenvalue weighted by atomic mass is 79.9. The minimum atomic E-state index is -0.417. The van der Waals surface area contributed by atoms with Gasteiger partial charge in [-0.05, 0) is 76.6 Å². The number of rotatable bonds is 10. The Balaban J connectivity index is 1.53. The molecule has 3 rings (SSSR count). The van der Waals surface area contributed by atoms with E-state index in [9.17, 15) is 14.0 Å². The first kappa shape index (κ1) is 26.5. The van der Waals surface area contributed by atoms with Crippen LogP contribution in [0.1, 0.15) is 5.56 Å². The molecule has 0 unspecified atom stereocenters. The maximum Gasteiger partial charge on any atom is 0.262 e. The van der Waals surface area contributed by atoms with Gasteiger partial charge in [0.05, 0.1) is 19.1 Å². The fourth-order valence-corrected chi connectivity index (χ4v) is 3.92. The van der Waals surface area contributed by atoms with E-state index in [4.69, 9.17) is 21.1 Å². The molecule has 3 aromatic carbocycles. The first-order chi connectivity index (χ1) is 16.8. The Kier molecular flexibility index (Phi) is 9.95. The zero-order valence-corrected chi connectivity index (χ0v) is 21.5. The van der Waals surface area contributed by atoms with E-state index in [1.54, 1.807) is 24.3 Å². The van der Waals surface area contributed by atoms with Crippen LogP contribution in [-0.4, -0.2) is 37.5 Å². The summed E-state index contributed by atoms with van der Waals surface area (Å²) in [6.07, 6.45) is 1.46. The van der Waals surface area contributed by atoms with E-state index in [-0.39, 0.29) is 18.3 Å². The maximum atomic E-state index is 13.0. The second-order valence-corrected chi connectivity index (χ2v) is 9.24. The maximum absolute atomic E-state index is 13.0. The Bertz CT molecular complexity index is 1210. The Hall–Kier alpha value is -3.08. The van der Waals surface area contributed by atoms with Crippen molar-refractivity contribution in [3.05, 3.63) is 81.5 Å². The number of benzene rings is 3. The summed E-state index contributed by atoms with van der Waals surface area (Å²) < 4.78 is 24.5. The third-order valence-electron chi connectivity index (χ3n) is 4.35. The number of nitrogens with one attached hydrogen (secondary N) is 2. The van der Waals surface area contributed by atoms with Crippen molar-refractivity contribution in [3.63, 3.8) is 0 Å². The van der Waals surface area contributed by atoms with Gasteiger partial charge in [-0.15, -0.1) is 11.8 Å². The van der Waals surface area contributed by atoms with E-state index in [0.29, 0.717) is 32.2 Å². The summed E-state index contributed by atoms with van der Waals surface area (Å²) in [5.74, 6) is -0.191. The highest BCUT2D eigenvalue weighted by Gasteiger charge is 2.12. The minimum absolute atomic E-state index is 0.191. The first-order valence-electron chi connectivity index (χ1n) is 10.1. The van der Waals surface area contributed by atoms with Crippen LogP contribution in [0.5, 0.6) is 11.5 Å². The molecule has 0 radical (unpaired) electrons. The molecular formula is C24H20BrClFN3O4S. The molecule has 11 heteroatoms. The molecular weight excluding hydrogens is 561 g/mol. The van der Waals surface area contributed by atoms with Gasteiger partial charge >= 0.3 is 0 Å². The SMILES string of the molecule is COc1cc(/C=N\NC(=O)CSc2ccc(Cl)cc2)c(Br)cc1OCC(=O)Nc1ccc(F)cc1. The van der Waals surface area contributed by atoms with Crippen LogP contribution in [0.2, 0.25) is 5.02 Å². The number of thioether (sulfide) groups is 1. The van der Waals surface area contributed by atoms with Crippen molar-refractivity contribution in [1.82, 2.24) is 5.43 Å². The van der Waals surface area contributed by atoms with Crippen molar-refractivity contribution in [2.45, 2.75) is 4.90 Å². The third kappa shape index (κ3) is 8.57. The fourth-order valence-electron chi connectivity index (χ4n) is 2.68. The Morgan fingerprint density at radius 3 is 2.49 bits per heavy atom. The van der Waals surface area contributed by atoms with Gasteiger partial charge in [0.15, 0.2) is 18.1 Å². The summed E-state index contributed by atoms with van der Waals surface area (Å²) in [4.78, 5) is 25.1. The van der Waals surface area contributed by atoms with E-state index in [0.717, 1.165) is 4.90 Å². The average molecular weight is 581 g/mol. The van der Waals surface area contributed by atoms with Crippen LogP contribution in [-0.2, 0) is 9.59 Å². The molecule has 0 spiro atoms. The number of ether oxygens (including phenoxy) is 2. The van der Waals surface area contributed by atoms with Gasteiger partial charge in [-0.1, -0.05) is 11.6 Å². The second-order valence-electron chi connectivity index (χ2n) is 6.90. The van der Waals surface area contributed by atoms with Crippen LogP contribution in [0.4, 0.5) is 10.1 Å². The van der Waals surface area contributed by atoms with Crippen molar-refractivity contribution in [3.8, 4) is 11.5 Å². The van der Waals surface area contributed by atoms with E-state index < -0.39 is 11.7 Å². The molecule has 0 saturated heterocycles. The van der Waals surface area contributed by atoms with Crippen molar-refractivity contribution < 1.29 is 23.5 Å². The lowest BCUT2D eigenvalue weighted by molar-refractivity contribution is -0.119. The molecule has 0 aliphatic heterocycles. The molecule has 0 fully saturated rings. The number of hydrazone groups is 1. The molecule has 7 nitrogen and oxygen atoms in total. The van der Waals surface area contributed by atoms with Crippen LogP contribution in [0, 0.1) is 5.82 Å². The van der Waals surface area contributed by atoms with E-state index in [1.807, 2.05) is 12.1 Å². The summed E-state index contributed by atoms with van der Waals surface area (Å²) in [6.45, 7) is -0.283. The second kappa shape index (κ2) is 13.1. The predicted molar refractivity (Wildman–Crippen MR) is 139 cm³/mol. The molecule has 0 atom stereocenters. The van der Waals surface area contributed by atoms with Crippen LogP contribution < -0.4 is 20.2 Å². The molecule has 0 bridgehead atoms. The minimum Gasteiger partial charge on any atom is -0.493 e. The molecule has 0 saturated carbocycles. The number of methoxy groups -OCH3 is 1. The van der Waals surface area contributed by atoms with Gasteiger partial charge < -0.3 is 14.8 Å². The van der Waals surface area contributed by atoms with Crippen molar-refractivity contribution >= 4 is 63.0 Å². The monoisotopic (exact) mass is 579 g/mol. The molecule has 3 aromatic rings. The Labute approximate surface area is 219 Å². The van der Waals surface area contributed by atoms with Crippen molar-refractivity contribution in [2.75, 3.05) is 24.8 Å². The predicted octanol–water partition coefficient (Wildman–Crippen LogP) is 5.51. The molecule has 2 amide bonds. The lowest BCUT2D eigenvalue weighted by Gasteiger charge is -2.13. The summed E-state index contributed by atoms with van der Waals surface area (Å²) in [5.41, 5.74) is 3.55. The van der Waals surface area contributed by atoms with Crippen LogP contribution >= 0.6 is 39.3 Å². The van der Waals surface area contributed by atoms with Gasteiger partial charge in [0.1, 0.15) is 5.82 Å². The number of carbonyl (C=O) groups is 2. The van der Waals surface area contributed by atoms with Gasteiger partial charge in [0.2, 0.25) is 5.91 Å². The molecule has 0 heterocycles. The lowest BCUT2D eigenvalue weighted by atomic mass is 10.2. The third-order valence-corrected chi connectivity index (χ3v) is 6.30. The van der Waals surface area contributed by atoms with Gasteiger partial charge in [-0.25, -0.2) is 9.82 Å². The number of nitrogens with zero attached hydrogens (tertiary/aromatic N) is 1. The van der Waals surface area contributed by atoms with Crippen molar-refractivity contribution in [1.29, 1.82) is 0 Å². The topological polar surface area (TPSA) is 89.0 Å². The average Bonchev–Trinajstić information content (AvgIpc) is 2.85. The highest BCUT2D eigenvalue weighted by molar-refractivity contribution is 9.10. The van der Waals surface area contributed by atoms with Crippen LogP contribution in [0.15, 0.2) is 75.1 Å². The number of hydrogen-bond donors (Lipinski definition) is 2. The number of anilines is 1. The Morgan fingerprint density at radius 2 is 1.80 bits per heavy atom. The zero-order chi connectivity index (χ0) is 25.2. The zero-order valence-electron chi connectivity index (χ0n) is 18.4. The fraction of sp³-hybridized carbons (Fsp3) is 0.125. The molecule has 0 aliphatic rings. The number of amides is 2.